The first-order valence-electron chi connectivity index (χ1n) is 7.49. The van der Waals surface area contributed by atoms with Crippen molar-refractivity contribution in [1.29, 1.82) is 0 Å². The Labute approximate surface area is 124 Å². The van der Waals surface area contributed by atoms with Gasteiger partial charge < -0.3 is 5.32 Å². The molecule has 0 atom stereocenters. The predicted molar refractivity (Wildman–Crippen MR) is 83.8 cm³/mol. The molecule has 0 bridgehead atoms. The number of nitrogens with one attached hydrogen (secondary N) is 2. The summed E-state index contributed by atoms with van der Waals surface area (Å²) in [5.74, 6) is 0.403. The van der Waals surface area contributed by atoms with E-state index in [4.69, 9.17) is 0 Å². The van der Waals surface area contributed by atoms with Gasteiger partial charge in [0.25, 0.3) is 10.2 Å². The van der Waals surface area contributed by atoms with Gasteiger partial charge in [0.2, 0.25) is 0 Å². The fourth-order valence-corrected chi connectivity index (χ4v) is 3.83. The van der Waals surface area contributed by atoms with Gasteiger partial charge in [0.15, 0.2) is 0 Å². The molecule has 0 aromatic heterocycles. The van der Waals surface area contributed by atoms with Crippen molar-refractivity contribution in [3.8, 4) is 0 Å². The fourth-order valence-electron chi connectivity index (χ4n) is 2.87. The van der Waals surface area contributed by atoms with Crippen LogP contribution in [0.1, 0.15) is 41.0 Å². The summed E-state index contributed by atoms with van der Waals surface area (Å²) in [5, 5.41) is 3.19. The molecule has 0 aliphatic heterocycles. The Balaban J connectivity index is 2.39. The van der Waals surface area contributed by atoms with E-state index >= 15 is 0 Å². The van der Waals surface area contributed by atoms with Crippen LogP contribution >= 0.6 is 0 Å². The lowest BCUT2D eigenvalue weighted by Gasteiger charge is -2.18. The van der Waals surface area contributed by atoms with E-state index in [1.165, 1.54) is 4.31 Å². The maximum Gasteiger partial charge on any atom is 0.279 e. The smallest absolute Gasteiger partial charge is 0.279 e. The van der Waals surface area contributed by atoms with Crippen molar-refractivity contribution in [2.24, 2.45) is 16.7 Å². The molecule has 6 heteroatoms. The van der Waals surface area contributed by atoms with Crippen LogP contribution in [0.25, 0.3) is 0 Å². The molecule has 0 aromatic rings. The van der Waals surface area contributed by atoms with E-state index < -0.39 is 10.2 Å². The van der Waals surface area contributed by atoms with E-state index in [-0.39, 0.29) is 10.8 Å². The van der Waals surface area contributed by atoms with Crippen molar-refractivity contribution in [2.75, 3.05) is 33.2 Å². The van der Waals surface area contributed by atoms with E-state index in [0.29, 0.717) is 19.0 Å². The average Bonchev–Trinajstić information content (AvgIpc) is 2.72. The van der Waals surface area contributed by atoms with Crippen LogP contribution in [0.3, 0.4) is 0 Å². The number of hydrogen-bond donors (Lipinski definition) is 2. The van der Waals surface area contributed by atoms with Gasteiger partial charge >= 0.3 is 0 Å². The van der Waals surface area contributed by atoms with E-state index in [1.807, 2.05) is 6.92 Å². The molecule has 0 unspecified atom stereocenters. The van der Waals surface area contributed by atoms with Gasteiger partial charge in [-0.05, 0) is 36.3 Å². The van der Waals surface area contributed by atoms with E-state index in [0.717, 1.165) is 19.5 Å². The molecule has 0 amide bonds. The van der Waals surface area contributed by atoms with Crippen LogP contribution in [0.2, 0.25) is 0 Å². The Hall–Kier alpha value is -0.170. The highest BCUT2D eigenvalue weighted by Gasteiger charge is 2.64. The van der Waals surface area contributed by atoms with E-state index in [1.54, 1.807) is 7.05 Å². The third kappa shape index (κ3) is 3.72. The van der Waals surface area contributed by atoms with Crippen molar-refractivity contribution in [1.82, 2.24) is 14.3 Å². The Kier molecular flexibility index (Phi) is 5.63. The zero-order valence-corrected chi connectivity index (χ0v) is 14.6. The third-order valence-electron chi connectivity index (χ3n) is 5.28. The summed E-state index contributed by atoms with van der Waals surface area (Å²) in [5.41, 5.74) is 0.415. The van der Waals surface area contributed by atoms with Gasteiger partial charge in [0.1, 0.15) is 0 Å². The maximum atomic E-state index is 12.1. The van der Waals surface area contributed by atoms with Crippen LogP contribution in [-0.4, -0.2) is 45.9 Å². The van der Waals surface area contributed by atoms with Crippen LogP contribution < -0.4 is 10.0 Å². The van der Waals surface area contributed by atoms with Crippen molar-refractivity contribution in [2.45, 2.75) is 41.0 Å². The molecule has 1 aliphatic rings. The SMILES string of the molecule is CCNCCCN(C)S(=O)(=O)NCC1C(C)(C)C1(C)C. The maximum absolute atomic E-state index is 12.1. The zero-order valence-electron chi connectivity index (χ0n) is 13.8. The van der Waals surface area contributed by atoms with E-state index in [2.05, 4.69) is 37.7 Å². The first-order valence-corrected chi connectivity index (χ1v) is 8.93. The summed E-state index contributed by atoms with van der Waals surface area (Å²) >= 11 is 0. The number of rotatable bonds is 9. The molecule has 0 spiro atoms. The second-order valence-electron chi connectivity index (χ2n) is 6.88. The van der Waals surface area contributed by atoms with Crippen LogP contribution in [0.5, 0.6) is 0 Å². The molecule has 20 heavy (non-hydrogen) atoms. The lowest BCUT2D eigenvalue weighted by Crippen LogP contribution is -2.40. The zero-order chi connectivity index (χ0) is 15.6. The summed E-state index contributed by atoms with van der Waals surface area (Å²) in [6.07, 6.45) is 0.825. The Morgan fingerprint density at radius 1 is 1.15 bits per heavy atom. The summed E-state index contributed by atoms with van der Waals surface area (Å²) in [4.78, 5) is 0. The highest BCUT2D eigenvalue weighted by atomic mass is 32.2. The minimum Gasteiger partial charge on any atom is -0.317 e. The molecule has 1 aliphatic carbocycles. The van der Waals surface area contributed by atoms with Gasteiger partial charge in [-0.3, -0.25) is 0 Å². The van der Waals surface area contributed by atoms with Gasteiger partial charge in [-0.15, -0.1) is 0 Å². The van der Waals surface area contributed by atoms with Gasteiger partial charge in [-0.25, -0.2) is 4.72 Å². The fraction of sp³-hybridized carbons (Fsp3) is 1.00. The summed E-state index contributed by atoms with van der Waals surface area (Å²) in [6, 6.07) is 0. The second-order valence-corrected chi connectivity index (χ2v) is 8.74. The van der Waals surface area contributed by atoms with Gasteiger partial charge in [-0.1, -0.05) is 34.6 Å². The normalized spacial score (nSPS) is 21.4. The summed E-state index contributed by atoms with van der Waals surface area (Å²) in [7, 11) is -1.71. The van der Waals surface area contributed by atoms with Gasteiger partial charge in [-0.2, -0.15) is 12.7 Å². The highest BCUT2D eigenvalue weighted by molar-refractivity contribution is 7.87. The molecule has 0 saturated heterocycles. The molecule has 1 saturated carbocycles. The summed E-state index contributed by atoms with van der Waals surface area (Å²) in [6.45, 7) is 13.7. The van der Waals surface area contributed by atoms with Crippen LogP contribution in [-0.2, 0) is 10.2 Å². The molecule has 0 radical (unpaired) electrons. The molecule has 120 valence electrons. The Morgan fingerprint density at radius 3 is 2.15 bits per heavy atom. The molecule has 0 heterocycles. The standard InChI is InChI=1S/C14H31N3O2S/c1-7-15-9-8-10-17(6)20(18,19)16-11-12-13(2,3)14(12,4)5/h12,15-16H,7-11H2,1-6H3. The lowest BCUT2D eigenvalue weighted by atomic mass is 10.0. The average molecular weight is 305 g/mol. The van der Waals surface area contributed by atoms with Crippen molar-refractivity contribution < 1.29 is 8.42 Å². The van der Waals surface area contributed by atoms with Gasteiger partial charge in [0, 0.05) is 20.1 Å². The highest BCUT2D eigenvalue weighted by Crippen LogP contribution is 2.67. The van der Waals surface area contributed by atoms with Crippen LogP contribution in [0.15, 0.2) is 0 Å². The molecule has 1 fully saturated rings. The molecule has 1 rings (SSSR count). The van der Waals surface area contributed by atoms with E-state index in [9.17, 15) is 8.42 Å². The summed E-state index contributed by atoms with van der Waals surface area (Å²) < 4.78 is 28.4. The third-order valence-corrected chi connectivity index (χ3v) is 6.81. The van der Waals surface area contributed by atoms with Crippen molar-refractivity contribution in [3.05, 3.63) is 0 Å². The number of nitrogens with zero attached hydrogens (tertiary/aromatic N) is 1. The second kappa shape index (κ2) is 6.30. The van der Waals surface area contributed by atoms with Crippen LogP contribution in [0, 0.1) is 16.7 Å². The monoisotopic (exact) mass is 305 g/mol. The molecular weight excluding hydrogens is 274 g/mol. The molecule has 0 aromatic carbocycles. The minimum absolute atomic E-state index is 0.207. The first kappa shape index (κ1) is 17.9. The quantitative estimate of drug-likeness (QED) is 0.634. The first-order chi connectivity index (χ1) is 9.07. The Bertz CT molecular complexity index is 404. The predicted octanol–water partition coefficient (Wildman–Crippen LogP) is 1.43. The topological polar surface area (TPSA) is 61.4 Å². The molecule has 2 N–H and O–H groups in total. The van der Waals surface area contributed by atoms with Crippen molar-refractivity contribution in [3.63, 3.8) is 0 Å². The van der Waals surface area contributed by atoms with Crippen LogP contribution in [0.4, 0.5) is 0 Å². The largest absolute Gasteiger partial charge is 0.317 e. The van der Waals surface area contributed by atoms with Gasteiger partial charge in [0.05, 0.1) is 0 Å². The molecule has 5 nitrogen and oxygen atoms in total. The minimum atomic E-state index is -3.35. The number of hydrogen-bond acceptors (Lipinski definition) is 3. The molecular formula is C14H31N3O2S. The lowest BCUT2D eigenvalue weighted by molar-refractivity contribution is 0.441. The van der Waals surface area contributed by atoms with Crippen molar-refractivity contribution >= 4 is 10.2 Å². The Morgan fingerprint density at radius 2 is 1.70 bits per heavy atom.